The summed E-state index contributed by atoms with van der Waals surface area (Å²) < 4.78 is 4.07. The van der Waals surface area contributed by atoms with Gasteiger partial charge in [-0.2, -0.15) is 5.10 Å². The van der Waals surface area contributed by atoms with Gasteiger partial charge in [-0.15, -0.1) is 24.8 Å². The smallest absolute Gasteiger partial charge is 0.252 e. The van der Waals surface area contributed by atoms with Crippen LogP contribution in [0.3, 0.4) is 0 Å². The van der Waals surface area contributed by atoms with E-state index in [9.17, 15) is 4.79 Å². The van der Waals surface area contributed by atoms with Crippen LogP contribution in [-0.4, -0.2) is 33.3 Å². The molecule has 0 atom stereocenters. The van der Waals surface area contributed by atoms with E-state index in [1.165, 1.54) is 5.52 Å². The van der Waals surface area contributed by atoms with Crippen LogP contribution in [-0.2, 0) is 16.9 Å². The van der Waals surface area contributed by atoms with Crippen LogP contribution in [0.2, 0.25) is 0 Å². The number of nitrogens with zero attached hydrogens (tertiary/aromatic N) is 3. The highest BCUT2D eigenvalue weighted by molar-refractivity contribution is 5.98. The first-order chi connectivity index (χ1) is 12.7. The van der Waals surface area contributed by atoms with E-state index < -0.39 is 5.54 Å². The molecule has 1 aliphatic rings. The quantitative estimate of drug-likeness (QED) is 0.655. The Morgan fingerprint density at radius 2 is 2.00 bits per heavy atom. The lowest BCUT2D eigenvalue weighted by Crippen LogP contribution is -2.52. The van der Waals surface area contributed by atoms with E-state index in [4.69, 9.17) is 0 Å². The first kappa shape index (κ1) is 22.3. The highest BCUT2D eigenvalue weighted by atomic mass is 35.5. The van der Waals surface area contributed by atoms with Crippen molar-refractivity contribution in [2.24, 2.45) is 0 Å². The molecule has 0 bridgehead atoms. The SMILES string of the molecule is CCCn1ccc2cc(NC(=O)C3(n4cccn4)CCNCC3)ccc21.Cl.Cl. The number of piperidine rings is 1. The minimum Gasteiger partial charge on any atom is -0.347 e. The Labute approximate surface area is 177 Å². The van der Waals surface area contributed by atoms with Gasteiger partial charge in [0.25, 0.3) is 5.91 Å². The van der Waals surface area contributed by atoms with Crippen molar-refractivity contribution in [3.63, 3.8) is 0 Å². The van der Waals surface area contributed by atoms with Crippen LogP contribution < -0.4 is 10.6 Å². The van der Waals surface area contributed by atoms with E-state index in [1.807, 2.05) is 23.0 Å². The van der Waals surface area contributed by atoms with Crippen LogP contribution in [0.4, 0.5) is 5.69 Å². The zero-order chi connectivity index (χ0) is 18.0. The largest absolute Gasteiger partial charge is 0.347 e. The normalized spacial score (nSPS) is 15.5. The molecule has 1 fully saturated rings. The van der Waals surface area contributed by atoms with Crippen LogP contribution >= 0.6 is 24.8 Å². The van der Waals surface area contributed by atoms with Gasteiger partial charge in [0.2, 0.25) is 0 Å². The van der Waals surface area contributed by atoms with Gasteiger partial charge in [-0.25, -0.2) is 0 Å². The molecule has 0 spiro atoms. The van der Waals surface area contributed by atoms with Crippen molar-refractivity contribution in [2.45, 2.75) is 38.3 Å². The minimum atomic E-state index is -0.627. The summed E-state index contributed by atoms with van der Waals surface area (Å²) in [7, 11) is 0. The molecule has 0 radical (unpaired) electrons. The molecule has 1 saturated heterocycles. The average Bonchev–Trinajstić information content (AvgIpc) is 3.33. The Hall–Kier alpha value is -2.02. The second-order valence-corrected chi connectivity index (χ2v) is 6.97. The second kappa shape index (κ2) is 9.45. The number of aryl methyl sites for hydroxylation is 1. The minimum absolute atomic E-state index is 0. The van der Waals surface area contributed by atoms with E-state index in [-0.39, 0.29) is 30.7 Å². The number of nitrogens with one attached hydrogen (secondary N) is 2. The molecule has 4 rings (SSSR count). The van der Waals surface area contributed by atoms with E-state index >= 15 is 0 Å². The number of rotatable bonds is 5. The van der Waals surface area contributed by atoms with E-state index in [2.05, 4.69) is 51.6 Å². The number of hydrogen-bond acceptors (Lipinski definition) is 3. The molecule has 0 saturated carbocycles. The fourth-order valence-electron chi connectivity index (χ4n) is 3.88. The molecule has 3 heterocycles. The maximum atomic E-state index is 13.2. The molecule has 0 aliphatic carbocycles. The topological polar surface area (TPSA) is 63.9 Å². The monoisotopic (exact) mass is 423 g/mol. The number of fused-ring (bicyclic) bond motifs is 1. The Morgan fingerprint density at radius 1 is 1.21 bits per heavy atom. The highest BCUT2D eigenvalue weighted by Gasteiger charge is 2.42. The summed E-state index contributed by atoms with van der Waals surface area (Å²) in [6.45, 7) is 4.80. The Morgan fingerprint density at radius 3 is 2.68 bits per heavy atom. The summed E-state index contributed by atoms with van der Waals surface area (Å²) in [4.78, 5) is 13.2. The molecule has 3 aromatic rings. The summed E-state index contributed by atoms with van der Waals surface area (Å²) in [5.41, 5.74) is 1.41. The summed E-state index contributed by atoms with van der Waals surface area (Å²) in [6, 6.07) is 10.1. The summed E-state index contributed by atoms with van der Waals surface area (Å²) >= 11 is 0. The van der Waals surface area contributed by atoms with E-state index in [0.717, 1.165) is 50.0 Å². The number of hydrogen-bond donors (Lipinski definition) is 2. The number of anilines is 1. The number of aromatic nitrogens is 3. The number of benzene rings is 1. The third-order valence-electron chi connectivity index (χ3n) is 5.29. The number of amides is 1. The summed E-state index contributed by atoms with van der Waals surface area (Å²) in [5.74, 6) is 0.00930. The Balaban J connectivity index is 0.00000140. The molecule has 1 aromatic carbocycles. The van der Waals surface area contributed by atoms with Crippen LogP contribution in [0, 0.1) is 0 Å². The molecule has 2 aromatic heterocycles. The van der Waals surface area contributed by atoms with Gasteiger partial charge in [0.1, 0.15) is 5.54 Å². The molecule has 8 heteroatoms. The fraction of sp³-hybridized carbons (Fsp3) is 0.400. The summed E-state index contributed by atoms with van der Waals surface area (Å²) in [5, 5.41) is 12.0. The predicted octanol–water partition coefficient (Wildman–Crippen LogP) is 3.81. The van der Waals surface area contributed by atoms with Gasteiger partial charge in [0, 0.05) is 41.7 Å². The maximum Gasteiger partial charge on any atom is 0.252 e. The molecule has 6 nitrogen and oxygen atoms in total. The standard InChI is InChI=1S/C20H25N5O.2ClH/c1-2-12-24-14-6-16-15-17(4-5-18(16)24)23-19(26)20(7-10-21-11-8-20)25-13-3-9-22-25;;/h3-6,9,13-15,21H,2,7-8,10-12H2,1H3,(H,23,26);2*1H. The zero-order valence-corrected chi connectivity index (χ0v) is 17.6. The van der Waals surface area contributed by atoms with Crippen LogP contribution in [0.1, 0.15) is 26.2 Å². The lowest BCUT2D eigenvalue weighted by Gasteiger charge is -2.36. The van der Waals surface area contributed by atoms with E-state index in [1.54, 1.807) is 6.20 Å². The van der Waals surface area contributed by atoms with Gasteiger partial charge in [-0.1, -0.05) is 6.92 Å². The van der Waals surface area contributed by atoms with Gasteiger partial charge in [-0.3, -0.25) is 9.48 Å². The number of carbonyl (C=O) groups is 1. The van der Waals surface area contributed by atoms with Gasteiger partial charge in [-0.05, 0) is 62.7 Å². The fourth-order valence-corrected chi connectivity index (χ4v) is 3.88. The van der Waals surface area contributed by atoms with Gasteiger partial charge >= 0.3 is 0 Å². The highest BCUT2D eigenvalue weighted by Crippen LogP contribution is 2.29. The van der Waals surface area contributed by atoms with Crippen molar-refractivity contribution in [2.75, 3.05) is 18.4 Å². The molecule has 1 aliphatic heterocycles. The first-order valence-corrected chi connectivity index (χ1v) is 9.34. The molecule has 2 N–H and O–H groups in total. The van der Waals surface area contributed by atoms with Crippen molar-refractivity contribution < 1.29 is 4.79 Å². The average molecular weight is 424 g/mol. The van der Waals surface area contributed by atoms with Gasteiger partial charge < -0.3 is 15.2 Å². The molecular formula is C20H27Cl2N5O. The summed E-state index contributed by atoms with van der Waals surface area (Å²) in [6.07, 6.45) is 8.30. The van der Waals surface area contributed by atoms with Crippen LogP contribution in [0.5, 0.6) is 0 Å². The molecule has 0 unspecified atom stereocenters. The van der Waals surface area contributed by atoms with Crippen molar-refractivity contribution in [3.8, 4) is 0 Å². The molecule has 152 valence electrons. The van der Waals surface area contributed by atoms with Gasteiger partial charge in [0.05, 0.1) is 0 Å². The molecular weight excluding hydrogens is 397 g/mol. The predicted molar refractivity (Wildman–Crippen MR) is 118 cm³/mol. The van der Waals surface area contributed by atoms with Gasteiger partial charge in [0.15, 0.2) is 0 Å². The van der Waals surface area contributed by atoms with Crippen LogP contribution in [0.25, 0.3) is 10.9 Å². The van der Waals surface area contributed by atoms with Crippen molar-refractivity contribution in [3.05, 3.63) is 48.9 Å². The third-order valence-corrected chi connectivity index (χ3v) is 5.29. The lowest BCUT2D eigenvalue weighted by atomic mass is 9.87. The maximum absolute atomic E-state index is 13.2. The number of carbonyl (C=O) groups excluding carboxylic acids is 1. The van der Waals surface area contributed by atoms with Crippen molar-refractivity contribution >= 4 is 47.3 Å². The first-order valence-electron chi connectivity index (χ1n) is 9.34. The van der Waals surface area contributed by atoms with Crippen molar-refractivity contribution in [1.82, 2.24) is 19.7 Å². The Bertz CT molecular complexity index is 901. The Kier molecular flexibility index (Phi) is 7.52. The van der Waals surface area contributed by atoms with Crippen molar-refractivity contribution in [1.29, 1.82) is 0 Å². The zero-order valence-electron chi connectivity index (χ0n) is 15.9. The second-order valence-electron chi connectivity index (χ2n) is 6.97. The molecule has 28 heavy (non-hydrogen) atoms. The third kappa shape index (κ3) is 4.04. The van der Waals surface area contributed by atoms with Crippen LogP contribution in [0.15, 0.2) is 48.9 Å². The number of halogens is 2. The molecule has 1 amide bonds. The van der Waals surface area contributed by atoms with E-state index in [0.29, 0.717) is 0 Å². The lowest BCUT2D eigenvalue weighted by molar-refractivity contribution is -0.126.